The van der Waals surface area contributed by atoms with Gasteiger partial charge in [0, 0.05) is 36.7 Å². The average Bonchev–Trinajstić information content (AvgIpc) is 3.15. The van der Waals surface area contributed by atoms with Gasteiger partial charge < -0.3 is 64.5 Å². The summed E-state index contributed by atoms with van der Waals surface area (Å²) < 4.78 is 30.3. The van der Waals surface area contributed by atoms with E-state index < -0.39 is 48.7 Å². The molecule has 0 spiro atoms. The number of hydrogen-bond donors (Lipinski definition) is 8. The maximum absolute atomic E-state index is 12.7. The smallest absolute Gasteiger partial charge is 0.335 e. The Hall–Kier alpha value is -3.89. The number of carboxylic acid groups (broad SMARTS) is 2. The van der Waals surface area contributed by atoms with Crippen LogP contribution in [0.5, 0.6) is 5.75 Å². The van der Waals surface area contributed by atoms with Crippen molar-refractivity contribution < 1.29 is 77.8 Å². The third kappa shape index (κ3) is 19.5. The van der Waals surface area contributed by atoms with Crippen LogP contribution < -0.4 is 15.4 Å². The second-order valence-electron chi connectivity index (χ2n) is 12.1. The quantitative estimate of drug-likeness (QED) is 0.0372. The van der Waals surface area contributed by atoms with Crippen molar-refractivity contribution in [3.05, 3.63) is 29.3 Å². The zero-order valence-corrected chi connectivity index (χ0v) is 31.4. The number of benzene rings is 1. The maximum atomic E-state index is 12.7. The maximum Gasteiger partial charge on any atom is 0.335 e. The van der Waals surface area contributed by atoms with Gasteiger partial charge in [-0.25, -0.2) is 4.79 Å². The number of aliphatic hydroxyl groups is 3. The monoisotopic (exact) mass is 807 g/mol. The summed E-state index contributed by atoms with van der Waals surface area (Å²) in [7, 11) is 1.71. The first kappa shape index (κ1) is 51.1. The summed E-state index contributed by atoms with van der Waals surface area (Å²) in [6, 6.07) is 3.85. The molecule has 0 saturated carbocycles. The minimum Gasteiger partial charge on any atom is -0.481 e. The van der Waals surface area contributed by atoms with E-state index in [9.17, 15) is 49.2 Å². The van der Waals surface area contributed by atoms with Gasteiger partial charge in [-0.1, -0.05) is 33.4 Å². The van der Waals surface area contributed by atoms with Crippen molar-refractivity contribution in [3.8, 4) is 5.75 Å². The van der Waals surface area contributed by atoms with E-state index in [1.807, 2.05) is 0 Å². The Kier molecular flexibility index (Phi) is 26.5. The fourth-order valence-electron chi connectivity index (χ4n) is 4.92. The van der Waals surface area contributed by atoms with Crippen molar-refractivity contribution >= 4 is 48.6 Å². The molecular weight excluding hydrogens is 750 g/mol. The van der Waals surface area contributed by atoms with Crippen molar-refractivity contribution in [1.29, 1.82) is 0 Å². The highest BCUT2D eigenvalue weighted by atomic mass is 32.2. The molecule has 1 aromatic rings. The standard InChI is InChI=1S/C31H47N3O14S.C3H6O2.CH4/c1-3-24(37)33-21(15-35)13-22(17-45-10-11-49-44)34(2)14-25(38)32-9-5-4-6-19-7-8-20(16-46-18-36)23(12-19)47-31-28(41)26(39)27(40)29(48-31)30(42)43;1-2-3(4)5;/h7-8,12,15,18,21-22,26-29,31,39-41,44H,3-6,9-11,13-14,16-17H2,1-2H3,(H,32,38)(H,33,37)(H,42,43);2H2,1H3,(H,4,5);1H4/t21-,22-,26?,27-,28+,29?,31?;;/m0../s1. The molecule has 0 aliphatic carbocycles. The second kappa shape index (κ2) is 28.5. The third-order valence-electron chi connectivity index (χ3n) is 8.01. The molecule has 0 aromatic heterocycles. The molecule has 1 saturated heterocycles. The van der Waals surface area contributed by atoms with E-state index in [1.165, 1.54) is 0 Å². The number of ether oxygens (including phenoxy) is 4. The van der Waals surface area contributed by atoms with Gasteiger partial charge in [0.1, 0.15) is 37.0 Å². The van der Waals surface area contributed by atoms with E-state index >= 15 is 0 Å². The van der Waals surface area contributed by atoms with Gasteiger partial charge in [0.05, 0.1) is 25.8 Å². The van der Waals surface area contributed by atoms with Crippen LogP contribution in [0.25, 0.3) is 0 Å². The highest BCUT2D eigenvalue weighted by Gasteiger charge is 2.48. The molecule has 19 nitrogen and oxygen atoms in total. The number of aliphatic hydroxyl groups excluding tert-OH is 3. The number of hydrogen-bond acceptors (Lipinski definition) is 16. The molecule has 2 amide bonds. The van der Waals surface area contributed by atoms with Gasteiger partial charge in [-0.3, -0.25) is 24.1 Å². The largest absolute Gasteiger partial charge is 0.481 e. The zero-order valence-electron chi connectivity index (χ0n) is 30.5. The molecule has 0 bridgehead atoms. The van der Waals surface area contributed by atoms with Crippen molar-refractivity contribution in [2.45, 2.75) is 109 Å². The van der Waals surface area contributed by atoms with E-state index in [0.29, 0.717) is 55.5 Å². The number of likely N-dealkylation sites (N-methyl/N-ethyl adjacent to an activating group) is 1. The lowest BCUT2D eigenvalue weighted by atomic mass is 9.99. The lowest BCUT2D eigenvalue weighted by Crippen LogP contribution is -2.61. The molecular formula is C35H57N3O16S. The molecule has 20 heteroatoms. The van der Waals surface area contributed by atoms with Crippen LogP contribution >= 0.6 is 12.0 Å². The number of amides is 2. The molecule has 1 aliphatic heterocycles. The molecule has 7 atom stereocenters. The Labute approximate surface area is 324 Å². The van der Waals surface area contributed by atoms with Gasteiger partial charge in [-0.2, -0.15) is 0 Å². The van der Waals surface area contributed by atoms with Crippen LogP contribution in [0.4, 0.5) is 0 Å². The van der Waals surface area contributed by atoms with E-state index in [-0.39, 0.29) is 83.1 Å². The van der Waals surface area contributed by atoms with Crippen molar-refractivity contribution in [2.24, 2.45) is 0 Å². The molecule has 8 N–H and O–H groups in total. The number of nitrogens with one attached hydrogen (secondary N) is 2. The molecule has 55 heavy (non-hydrogen) atoms. The number of aliphatic carboxylic acids is 2. The number of aldehydes is 1. The van der Waals surface area contributed by atoms with Gasteiger partial charge in [0.15, 0.2) is 6.10 Å². The van der Waals surface area contributed by atoms with Gasteiger partial charge in [0.2, 0.25) is 18.1 Å². The first-order chi connectivity index (χ1) is 25.7. The van der Waals surface area contributed by atoms with Gasteiger partial charge in [-0.15, -0.1) is 0 Å². The number of nitrogens with zero attached hydrogens (tertiary/aromatic N) is 1. The summed E-state index contributed by atoms with van der Waals surface area (Å²) >= 11 is 0.639. The highest BCUT2D eigenvalue weighted by molar-refractivity contribution is 7.93. The van der Waals surface area contributed by atoms with Gasteiger partial charge in [0.25, 0.3) is 6.47 Å². The summed E-state index contributed by atoms with van der Waals surface area (Å²) in [5.74, 6) is -2.37. The minimum absolute atomic E-state index is 0. The molecule has 314 valence electrons. The Balaban J connectivity index is 0.00000454. The summed E-state index contributed by atoms with van der Waals surface area (Å²) in [6.45, 7) is 4.12. The first-order valence-corrected chi connectivity index (χ1v) is 18.2. The zero-order chi connectivity index (χ0) is 40.6. The van der Waals surface area contributed by atoms with Crippen molar-refractivity contribution in [1.82, 2.24) is 15.5 Å². The van der Waals surface area contributed by atoms with Crippen LogP contribution in [0.15, 0.2) is 18.2 Å². The third-order valence-corrected chi connectivity index (χ3v) is 8.36. The molecule has 3 unspecified atom stereocenters. The Bertz CT molecular complexity index is 1320. The highest BCUT2D eigenvalue weighted by Crippen LogP contribution is 2.29. The number of carbonyl (C=O) groups excluding carboxylic acids is 4. The molecule has 2 rings (SSSR count). The van der Waals surface area contributed by atoms with Crippen LogP contribution in [0.2, 0.25) is 0 Å². The Morgan fingerprint density at radius 2 is 1.71 bits per heavy atom. The lowest BCUT2D eigenvalue weighted by Gasteiger charge is -2.38. The summed E-state index contributed by atoms with van der Waals surface area (Å²) in [4.78, 5) is 69.5. The fraction of sp³-hybridized carbons (Fsp3) is 0.657. The van der Waals surface area contributed by atoms with Crippen LogP contribution in [-0.4, -0.2) is 153 Å². The van der Waals surface area contributed by atoms with Crippen LogP contribution in [0.3, 0.4) is 0 Å². The van der Waals surface area contributed by atoms with Crippen molar-refractivity contribution in [2.75, 3.05) is 39.1 Å². The molecule has 1 aromatic carbocycles. The Morgan fingerprint density at radius 3 is 2.29 bits per heavy atom. The topological polar surface area (TPSA) is 288 Å². The summed E-state index contributed by atoms with van der Waals surface area (Å²) in [6.07, 6.45) is -5.95. The number of unbranched alkanes of at least 4 members (excludes halogenated alkanes) is 1. The number of carboxylic acids is 2. The molecule has 1 heterocycles. The molecule has 1 fully saturated rings. The lowest BCUT2D eigenvalue weighted by molar-refractivity contribution is -0.271. The fourth-order valence-corrected chi connectivity index (χ4v) is 5.11. The SMILES string of the molecule is C.CCC(=O)N[C@H](C=O)C[C@@H](COCCSO)N(C)CC(=O)NCCCCc1ccc(COC=O)c(OC2OC(C(=O)O)[C@@H](O)C(O)[C@H]2O)c1.CCC(=O)O. The average molecular weight is 808 g/mol. The van der Waals surface area contributed by atoms with E-state index in [4.69, 9.17) is 28.6 Å². The number of carbonyl (C=O) groups is 6. The number of rotatable bonds is 25. The normalized spacial score (nSPS) is 20.0. The van der Waals surface area contributed by atoms with Crippen molar-refractivity contribution in [3.63, 3.8) is 0 Å². The Morgan fingerprint density at radius 1 is 1.02 bits per heavy atom. The molecule has 1 aliphatic rings. The van der Waals surface area contributed by atoms with E-state index in [1.54, 1.807) is 44.0 Å². The second-order valence-corrected chi connectivity index (χ2v) is 12.8. The summed E-state index contributed by atoms with van der Waals surface area (Å²) in [5, 5.41) is 53.0. The first-order valence-electron chi connectivity index (χ1n) is 17.3. The van der Waals surface area contributed by atoms with Crippen LogP contribution in [0, 0.1) is 0 Å². The number of aryl methyl sites for hydroxylation is 1. The van der Waals surface area contributed by atoms with Crippen LogP contribution in [0.1, 0.15) is 64.5 Å². The molecule has 0 radical (unpaired) electrons. The van der Waals surface area contributed by atoms with E-state index in [2.05, 4.69) is 10.6 Å². The van der Waals surface area contributed by atoms with Crippen LogP contribution in [-0.2, 0) is 56.0 Å². The minimum atomic E-state index is -1.89. The predicted octanol–water partition coefficient (Wildman–Crippen LogP) is 0.194. The van der Waals surface area contributed by atoms with E-state index in [0.717, 1.165) is 5.56 Å². The van der Waals surface area contributed by atoms with Gasteiger partial charge in [-0.05, 0) is 56.4 Å². The summed E-state index contributed by atoms with van der Waals surface area (Å²) in [5.41, 5.74) is 1.14. The van der Waals surface area contributed by atoms with Gasteiger partial charge >= 0.3 is 11.9 Å². The predicted molar refractivity (Wildman–Crippen MR) is 198 cm³/mol.